The Hall–Kier alpha value is -7.78. The van der Waals surface area contributed by atoms with Gasteiger partial charge in [-0.2, -0.15) is 0 Å². The van der Waals surface area contributed by atoms with E-state index < -0.39 is 0 Å². The van der Waals surface area contributed by atoms with Crippen LogP contribution in [0.15, 0.2) is 224 Å². The fraction of sp³-hybridized carbons (Fsp3) is 0. The zero-order chi connectivity index (χ0) is 41.0. The summed E-state index contributed by atoms with van der Waals surface area (Å²) in [7, 11) is 0. The normalized spacial score (nSPS) is 11.8. The van der Waals surface area contributed by atoms with Crippen molar-refractivity contribution in [1.82, 2.24) is 0 Å². The van der Waals surface area contributed by atoms with Crippen molar-refractivity contribution in [2.45, 2.75) is 0 Å². The maximum atomic E-state index is 2.53. The fourth-order valence-electron chi connectivity index (χ4n) is 9.53. The Morgan fingerprint density at radius 1 is 0.339 bits per heavy atom. The molecule has 0 aliphatic heterocycles. The molecule has 290 valence electrons. The summed E-state index contributed by atoms with van der Waals surface area (Å²) in [6, 6.07) is 82.4. The molecule has 11 aromatic carbocycles. The highest BCUT2D eigenvalue weighted by molar-refractivity contribution is 7.18. The number of nitrogens with zero attached hydrogens (tertiary/aromatic N) is 1. The Bertz CT molecular complexity index is 3550. The molecule has 2 heteroatoms. The molecule has 1 nitrogen and oxygen atoms in total. The lowest BCUT2D eigenvalue weighted by Crippen LogP contribution is -2.12. The molecule has 0 atom stereocenters. The highest BCUT2D eigenvalue weighted by atomic mass is 32.1. The number of hydrogen-bond acceptors (Lipinski definition) is 2. The molecular weight excluding hydrogens is 767 g/mol. The van der Waals surface area contributed by atoms with Gasteiger partial charge >= 0.3 is 0 Å². The van der Waals surface area contributed by atoms with Crippen LogP contribution in [0.4, 0.5) is 17.1 Å². The monoisotopic (exact) mass is 805 g/mol. The summed E-state index contributed by atoms with van der Waals surface area (Å²) >= 11 is 1.85. The van der Waals surface area contributed by atoms with E-state index in [4.69, 9.17) is 0 Å². The summed E-state index contributed by atoms with van der Waals surface area (Å²) < 4.78 is 0. The van der Waals surface area contributed by atoms with E-state index in [1.165, 1.54) is 97.1 Å². The Kier molecular flexibility index (Phi) is 8.76. The Morgan fingerprint density at radius 3 is 1.55 bits per heavy atom. The second kappa shape index (κ2) is 15.0. The topological polar surface area (TPSA) is 3.24 Å². The van der Waals surface area contributed by atoms with Gasteiger partial charge in [0.1, 0.15) is 0 Å². The third kappa shape index (κ3) is 6.15. The maximum Gasteiger partial charge on any atom is 0.0619 e. The molecule has 1 heterocycles. The van der Waals surface area contributed by atoms with E-state index in [-0.39, 0.29) is 0 Å². The predicted molar refractivity (Wildman–Crippen MR) is 269 cm³/mol. The van der Waals surface area contributed by atoms with Gasteiger partial charge in [-0.15, -0.1) is 11.3 Å². The van der Waals surface area contributed by atoms with Crippen LogP contribution < -0.4 is 4.90 Å². The van der Waals surface area contributed by atoms with Crippen LogP contribution in [-0.2, 0) is 0 Å². The van der Waals surface area contributed by atoms with Crippen molar-refractivity contribution < 1.29 is 0 Å². The average molecular weight is 806 g/mol. The van der Waals surface area contributed by atoms with Gasteiger partial charge in [0, 0.05) is 31.6 Å². The maximum absolute atomic E-state index is 2.53. The van der Waals surface area contributed by atoms with Gasteiger partial charge in [-0.3, -0.25) is 0 Å². The zero-order valence-electron chi connectivity index (χ0n) is 33.9. The van der Waals surface area contributed by atoms with E-state index in [2.05, 4.69) is 242 Å². The lowest BCUT2D eigenvalue weighted by Gasteiger charge is -2.31. The first-order valence-corrected chi connectivity index (χ1v) is 22.1. The second-order valence-corrected chi connectivity index (χ2v) is 17.1. The highest BCUT2D eigenvalue weighted by Crippen LogP contribution is 2.51. The van der Waals surface area contributed by atoms with Crippen molar-refractivity contribution in [2.75, 3.05) is 4.90 Å². The Morgan fingerprint density at radius 2 is 0.855 bits per heavy atom. The van der Waals surface area contributed by atoms with Crippen LogP contribution in [0.2, 0.25) is 0 Å². The van der Waals surface area contributed by atoms with Crippen molar-refractivity contribution in [3.63, 3.8) is 0 Å². The number of rotatable bonds is 8. The van der Waals surface area contributed by atoms with E-state index in [9.17, 15) is 0 Å². The first kappa shape index (κ1) is 36.1. The zero-order valence-corrected chi connectivity index (χ0v) is 34.7. The van der Waals surface area contributed by atoms with Gasteiger partial charge in [0.05, 0.1) is 11.4 Å². The number of thiophene rings is 1. The molecule has 0 spiro atoms. The standard InChI is InChI=1S/C60H39NS/c1-3-13-40(14-4-1)25-26-41-27-33-48(34-28-41)61(54-36-32-45-30-29-43-17-11-18-44-31-35-53(54)59(45)57(43)44)60-51-23-9-7-21-49(51)58(50-22-8-10-24-52(50)60)47-20-12-19-46(39-47)56-38-37-55(62-56)42-15-5-2-6-16-42/h1-39H/b26-25+. The number of anilines is 3. The van der Waals surface area contributed by atoms with Gasteiger partial charge in [0.25, 0.3) is 0 Å². The SMILES string of the molecule is C(=C\c1ccc(N(c2c3ccccc3c(-c3cccc(-c4ccc(-c5ccccc5)s4)c3)c3ccccc23)c2ccc3ccc4cccc5ccc2c3c45)cc1)/c1ccccc1. The van der Waals surface area contributed by atoms with E-state index in [0.717, 1.165) is 16.9 Å². The highest BCUT2D eigenvalue weighted by Gasteiger charge is 2.24. The third-order valence-corrected chi connectivity index (χ3v) is 13.6. The summed E-state index contributed by atoms with van der Waals surface area (Å²) in [6.45, 7) is 0. The van der Waals surface area contributed by atoms with Gasteiger partial charge < -0.3 is 4.90 Å². The van der Waals surface area contributed by atoms with Crippen LogP contribution >= 0.6 is 11.3 Å². The van der Waals surface area contributed by atoms with Crippen LogP contribution in [0.5, 0.6) is 0 Å². The molecule has 0 fully saturated rings. The van der Waals surface area contributed by atoms with Gasteiger partial charge in [-0.05, 0) is 107 Å². The van der Waals surface area contributed by atoms with Crippen molar-refractivity contribution in [3.05, 3.63) is 236 Å². The minimum Gasteiger partial charge on any atom is -0.309 e. The van der Waals surface area contributed by atoms with Crippen LogP contribution in [0.1, 0.15) is 11.1 Å². The quantitative estimate of drug-likeness (QED) is 0.0840. The van der Waals surface area contributed by atoms with Gasteiger partial charge in [-0.25, -0.2) is 0 Å². The molecule has 0 unspecified atom stereocenters. The molecule has 12 rings (SSSR count). The average Bonchev–Trinajstić information content (AvgIpc) is 3.85. The van der Waals surface area contributed by atoms with Crippen LogP contribution in [0.3, 0.4) is 0 Å². The molecule has 0 aliphatic rings. The van der Waals surface area contributed by atoms with Crippen molar-refractivity contribution in [3.8, 4) is 32.0 Å². The molecule has 12 aromatic rings. The van der Waals surface area contributed by atoms with Gasteiger partial charge in [0.15, 0.2) is 0 Å². The molecule has 0 bridgehead atoms. The molecular formula is C60H39NS. The number of hydrogen-bond donors (Lipinski definition) is 0. The first-order chi connectivity index (χ1) is 30.7. The van der Waals surface area contributed by atoms with Crippen molar-refractivity contribution >= 4 is 94.4 Å². The summed E-state index contributed by atoms with van der Waals surface area (Å²) in [4.78, 5) is 5.06. The lowest BCUT2D eigenvalue weighted by molar-refractivity contribution is 1.33. The molecule has 0 saturated carbocycles. The van der Waals surface area contributed by atoms with Crippen LogP contribution in [0.25, 0.3) is 98.0 Å². The molecule has 62 heavy (non-hydrogen) atoms. The first-order valence-electron chi connectivity index (χ1n) is 21.2. The summed E-state index contributed by atoms with van der Waals surface area (Å²) in [5.41, 5.74) is 10.7. The summed E-state index contributed by atoms with van der Waals surface area (Å²) in [5, 5.41) is 12.5. The lowest BCUT2D eigenvalue weighted by atomic mass is 9.88. The van der Waals surface area contributed by atoms with Gasteiger partial charge in [-0.1, -0.05) is 200 Å². The molecule has 0 N–H and O–H groups in total. The number of benzene rings is 11. The molecule has 0 radical (unpaired) electrons. The second-order valence-electron chi connectivity index (χ2n) is 16.0. The summed E-state index contributed by atoms with van der Waals surface area (Å²) in [6.07, 6.45) is 4.38. The van der Waals surface area contributed by atoms with Crippen LogP contribution in [0, 0.1) is 0 Å². The Labute approximate surface area is 365 Å². The van der Waals surface area contributed by atoms with Crippen molar-refractivity contribution in [2.24, 2.45) is 0 Å². The molecule has 0 saturated heterocycles. The largest absolute Gasteiger partial charge is 0.309 e. The third-order valence-electron chi connectivity index (χ3n) is 12.4. The molecule has 0 aliphatic carbocycles. The van der Waals surface area contributed by atoms with Crippen molar-refractivity contribution in [1.29, 1.82) is 0 Å². The minimum absolute atomic E-state index is 1.11. The Balaban J connectivity index is 1.09. The number of fused-ring (bicyclic) bond motifs is 2. The predicted octanol–water partition coefficient (Wildman–Crippen LogP) is 17.6. The van der Waals surface area contributed by atoms with Gasteiger partial charge in [0.2, 0.25) is 0 Å². The molecule has 0 amide bonds. The fourth-order valence-corrected chi connectivity index (χ4v) is 10.5. The smallest absolute Gasteiger partial charge is 0.0619 e. The van der Waals surface area contributed by atoms with E-state index in [1.54, 1.807) is 0 Å². The van der Waals surface area contributed by atoms with E-state index in [1.807, 2.05) is 11.3 Å². The summed E-state index contributed by atoms with van der Waals surface area (Å²) in [5.74, 6) is 0. The van der Waals surface area contributed by atoms with E-state index in [0.29, 0.717) is 0 Å². The molecule has 1 aromatic heterocycles. The van der Waals surface area contributed by atoms with Crippen LogP contribution in [-0.4, -0.2) is 0 Å². The van der Waals surface area contributed by atoms with E-state index >= 15 is 0 Å². The minimum atomic E-state index is 1.11.